The number of aliphatic imine (C=N–C) groups is 1. The van der Waals surface area contributed by atoms with E-state index in [0.717, 1.165) is 25.3 Å². The van der Waals surface area contributed by atoms with Crippen molar-refractivity contribution in [2.75, 3.05) is 13.1 Å². The number of ether oxygens (including phenoxy) is 1. The van der Waals surface area contributed by atoms with Crippen LogP contribution in [0.1, 0.15) is 17.5 Å². The summed E-state index contributed by atoms with van der Waals surface area (Å²) < 4.78 is 5.73. The molecule has 0 aliphatic carbocycles. The molecule has 3 heteroatoms. The fourth-order valence-corrected chi connectivity index (χ4v) is 1.92. The molecule has 3 nitrogen and oxygen atoms in total. The first-order valence-electron chi connectivity index (χ1n) is 5.74. The van der Waals surface area contributed by atoms with Gasteiger partial charge in [-0.25, -0.2) is 0 Å². The van der Waals surface area contributed by atoms with Crippen LogP contribution in [0, 0.1) is 6.92 Å². The second-order valence-corrected chi connectivity index (χ2v) is 4.14. The third-order valence-electron chi connectivity index (χ3n) is 2.84. The molecule has 2 N–H and O–H groups in total. The monoisotopic (exact) mass is 218 g/mol. The molecule has 0 bridgehead atoms. The molecule has 1 aromatic carbocycles. The predicted octanol–water partition coefficient (Wildman–Crippen LogP) is 1.68. The van der Waals surface area contributed by atoms with E-state index in [1.807, 2.05) is 0 Å². The summed E-state index contributed by atoms with van der Waals surface area (Å²) in [5.41, 5.74) is 8.13. The number of hydrogen-bond donors (Lipinski definition) is 1. The van der Waals surface area contributed by atoms with Crippen LogP contribution in [0.2, 0.25) is 0 Å². The summed E-state index contributed by atoms with van der Waals surface area (Å²) in [6.07, 6.45) is 1.89. The maximum absolute atomic E-state index is 5.73. The van der Waals surface area contributed by atoms with Gasteiger partial charge in [0.05, 0.1) is 6.54 Å². The molecule has 1 atom stereocenters. The van der Waals surface area contributed by atoms with Gasteiger partial charge in [0.25, 0.3) is 0 Å². The molecule has 1 unspecified atom stereocenters. The minimum Gasteiger partial charge on any atom is -0.475 e. The van der Waals surface area contributed by atoms with E-state index in [9.17, 15) is 0 Å². The third-order valence-corrected chi connectivity index (χ3v) is 2.84. The van der Waals surface area contributed by atoms with Crippen molar-refractivity contribution in [2.45, 2.75) is 25.9 Å². The Morgan fingerprint density at radius 2 is 2.25 bits per heavy atom. The van der Waals surface area contributed by atoms with E-state index in [1.54, 1.807) is 0 Å². The van der Waals surface area contributed by atoms with Crippen LogP contribution in [0.5, 0.6) is 0 Å². The quantitative estimate of drug-likeness (QED) is 0.836. The van der Waals surface area contributed by atoms with Crippen LogP contribution < -0.4 is 5.73 Å². The molecule has 1 aliphatic rings. The van der Waals surface area contributed by atoms with E-state index in [2.05, 4.69) is 36.2 Å². The maximum Gasteiger partial charge on any atom is 0.185 e. The van der Waals surface area contributed by atoms with Gasteiger partial charge in [-0.1, -0.05) is 24.3 Å². The van der Waals surface area contributed by atoms with Crippen molar-refractivity contribution < 1.29 is 4.74 Å². The zero-order valence-corrected chi connectivity index (χ0v) is 9.65. The molecular weight excluding hydrogens is 200 g/mol. The fourth-order valence-electron chi connectivity index (χ4n) is 1.92. The van der Waals surface area contributed by atoms with Crippen molar-refractivity contribution in [1.29, 1.82) is 0 Å². The van der Waals surface area contributed by atoms with Crippen LogP contribution in [0.3, 0.4) is 0 Å². The number of nitrogens with zero attached hydrogens (tertiary/aromatic N) is 1. The summed E-state index contributed by atoms with van der Waals surface area (Å²) in [5.74, 6) is 0.820. The first-order chi connectivity index (χ1) is 7.79. The van der Waals surface area contributed by atoms with Crippen molar-refractivity contribution in [3.8, 4) is 0 Å². The van der Waals surface area contributed by atoms with Crippen LogP contribution in [-0.2, 0) is 11.2 Å². The number of rotatable bonds is 4. The molecule has 86 valence electrons. The first-order valence-corrected chi connectivity index (χ1v) is 5.74. The molecule has 0 amide bonds. The fraction of sp³-hybridized carbons (Fsp3) is 0.462. The van der Waals surface area contributed by atoms with E-state index in [-0.39, 0.29) is 6.10 Å². The maximum atomic E-state index is 5.73. The van der Waals surface area contributed by atoms with Gasteiger partial charge in [-0.2, -0.15) is 0 Å². The normalized spacial score (nSPS) is 19.4. The lowest BCUT2D eigenvalue weighted by atomic mass is 10.0. The lowest BCUT2D eigenvalue weighted by Gasteiger charge is -2.12. The smallest absolute Gasteiger partial charge is 0.185 e. The van der Waals surface area contributed by atoms with E-state index >= 15 is 0 Å². The summed E-state index contributed by atoms with van der Waals surface area (Å²) >= 11 is 0. The Balaban J connectivity index is 1.91. The van der Waals surface area contributed by atoms with Gasteiger partial charge in [0, 0.05) is 19.4 Å². The summed E-state index contributed by atoms with van der Waals surface area (Å²) in [4.78, 5) is 4.35. The van der Waals surface area contributed by atoms with Crippen LogP contribution in [0.15, 0.2) is 29.3 Å². The minimum atomic E-state index is 0.197. The van der Waals surface area contributed by atoms with Crippen molar-refractivity contribution >= 4 is 5.90 Å². The van der Waals surface area contributed by atoms with E-state index < -0.39 is 0 Å². The highest BCUT2D eigenvalue weighted by atomic mass is 16.5. The zero-order chi connectivity index (χ0) is 11.4. The van der Waals surface area contributed by atoms with Gasteiger partial charge in [-0.15, -0.1) is 0 Å². The molecule has 0 saturated heterocycles. The highest BCUT2D eigenvalue weighted by Crippen LogP contribution is 2.15. The van der Waals surface area contributed by atoms with Gasteiger partial charge in [-0.3, -0.25) is 4.99 Å². The average Bonchev–Trinajstić information content (AvgIpc) is 2.70. The van der Waals surface area contributed by atoms with Crippen molar-refractivity contribution in [2.24, 2.45) is 10.7 Å². The number of aryl methyl sites for hydroxylation is 1. The van der Waals surface area contributed by atoms with Crippen molar-refractivity contribution in [1.82, 2.24) is 0 Å². The Morgan fingerprint density at radius 3 is 3.00 bits per heavy atom. The predicted molar refractivity (Wildman–Crippen MR) is 65.7 cm³/mol. The number of benzene rings is 1. The second-order valence-electron chi connectivity index (χ2n) is 4.14. The highest BCUT2D eigenvalue weighted by molar-refractivity contribution is 5.77. The largest absolute Gasteiger partial charge is 0.475 e. The summed E-state index contributed by atoms with van der Waals surface area (Å²) in [5, 5.41) is 0. The molecular formula is C13H18N2O. The van der Waals surface area contributed by atoms with E-state index in [0.29, 0.717) is 6.54 Å². The molecule has 1 aliphatic heterocycles. The molecule has 2 rings (SSSR count). The van der Waals surface area contributed by atoms with Crippen LogP contribution in [-0.4, -0.2) is 25.1 Å². The summed E-state index contributed by atoms with van der Waals surface area (Å²) in [6.45, 7) is 3.51. The Bertz CT molecular complexity index is 387. The molecule has 0 fully saturated rings. The second kappa shape index (κ2) is 5.12. The lowest BCUT2D eigenvalue weighted by Crippen LogP contribution is -2.18. The molecule has 1 aromatic rings. The van der Waals surface area contributed by atoms with Gasteiger partial charge in [0.15, 0.2) is 5.90 Å². The van der Waals surface area contributed by atoms with Crippen LogP contribution in [0.25, 0.3) is 0 Å². The topological polar surface area (TPSA) is 47.6 Å². The van der Waals surface area contributed by atoms with Gasteiger partial charge in [0.1, 0.15) is 6.10 Å². The SMILES string of the molecule is Cc1ccccc1CC1CN=C(CCN)O1. The molecule has 16 heavy (non-hydrogen) atoms. The Labute approximate surface area is 96.3 Å². The summed E-state index contributed by atoms with van der Waals surface area (Å²) in [7, 11) is 0. The minimum absolute atomic E-state index is 0.197. The highest BCUT2D eigenvalue weighted by Gasteiger charge is 2.19. The Hall–Kier alpha value is -1.35. The van der Waals surface area contributed by atoms with Gasteiger partial charge >= 0.3 is 0 Å². The summed E-state index contributed by atoms with van der Waals surface area (Å²) in [6, 6.07) is 8.41. The Morgan fingerprint density at radius 1 is 1.44 bits per heavy atom. The average molecular weight is 218 g/mol. The van der Waals surface area contributed by atoms with Crippen LogP contribution >= 0.6 is 0 Å². The van der Waals surface area contributed by atoms with E-state index in [1.165, 1.54) is 11.1 Å². The van der Waals surface area contributed by atoms with Gasteiger partial charge < -0.3 is 10.5 Å². The molecule has 0 aromatic heterocycles. The van der Waals surface area contributed by atoms with Gasteiger partial charge in [-0.05, 0) is 18.1 Å². The standard InChI is InChI=1S/C13H18N2O/c1-10-4-2-3-5-11(10)8-12-9-15-13(16-12)6-7-14/h2-5,12H,6-9,14H2,1H3. The van der Waals surface area contributed by atoms with E-state index in [4.69, 9.17) is 10.5 Å². The molecule has 0 saturated carbocycles. The zero-order valence-electron chi connectivity index (χ0n) is 9.65. The molecule has 0 spiro atoms. The first kappa shape index (κ1) is 11.1. The third kappa shape index (κ3) is 2.61. The number of hydrogen-bond acceptors (Lipinski definition) is 3. The Kier molecular flexibility index (Phi) is 3.57. The van der Waals surface area contributed by atoms with Crippen LogP contribution in [0.4, 0.5) is 0 Å². The van der Waals surface area contributed by atoms with Gasteiger partial charge in [0.2, 0.25) is 0 Å². The number of nitrogens with two attached hydrogens (primary N) is 1. The molecule has 1 heterocycles. The lowest BCUT2D eigenvalue weighted by molar-refractivity contribution is 0.219. The van der Waals surface area contributed by atoms with Crippen molar-refractivity contribution in [3.63, 3.8) is 0 Å². The molecule has 0 radical (unpaired) electrons. The van der Waals surface area contributed by atoms with Crippen molar-refractivity contribution in [3.05, 3.63) is 35.4 Å².